The first-order chi connectivity index (χ1) is 8.69. The van der Waals surface area contributed by atoms with Crippen LogP contribution >= 0.6 is 23.2 Å². The van der Waals surface area contributed by atoms with Gasteiger partial charge in [-0.15, -0.1) is 0 Å². The highest BCUT2D eigenvalue weighted by Crippen LogP contribution is 2.19. The van der Waals surface area contributed by atoms with Gasteiger partial charge in [0.1, 0.15) is 10.8 Å². The molecule has 0 radical (unpaired) electrons. The molecule has 7 heteroatoms. The van der Waals surface area contributed by atoms with Gasteiger partial charge in [0.05, 0.1) is 18.9 Å². The summed E-state index contributed by atoms with van der Waals surface area (Å²) >= 11 is 11.7. The van der Waals surface area contributed by atoms with Crippen molar-refractivity contribution in [2.75, 3.05) is 38.1 Å². The lowest BCUT2D eigenvalue weighted by Crippen LogP contribution is -2.45. The second-order valence-electron chi connectivity index (χ2n) is 4.10. The van der Waals surface area contributed by atoms with Crippen LogP contribution in [0.3, 0.4) is 0 Å². The summed E-state index contributed by atoms with van der Waals surface area (Å²) in [5, 5.41) is 3.79. The van der Waals surface area contributed by atoms with Crippen molar-refractivity contribution in [1.82, 2.24) is 14.9 Å². The number of halogens is 2. The highest BCUT2D eigenvalue weighted by Gasteiger charge is 2.19. The predicted molar refractivity (Wildman–Crippen MR) is 72.4 cm³/mol. The Morgan fingerprint density at radius 2 is 2.39 bits per heavy atom. The van der Waals surface area contributed by atoms with Crippen molar-refractivity contribution >= 4 is 29.0 Å². The van der Waals surface area contributed by atoms with E-state index in [1.54, 1.807) is 0 Å². The molecule has 0 aromatic carbocycles. The molecule has 0 spiro atoms. The van der Waals surface area contributed by atoms with Gasteiger partial charge in [-0.1, -0.05) is 18.5 Å². The van der Waals surface area contributed by atoms with Crippen molar-refractivity contribution in [3.05, 3.63) is 16.5 Å². The van der Waals surface area contributed by atoms with Crippen molar-refractivity contribution in [1.29, 1.82) is 0 Å². The Kier molecular flexibility index (Phi) is 5.00. The number of hydrogen-bond acceptors (Lipinski definition) is 5. The van der Waals surface area contributed by atoms with Crippen molar-refractivity contribution < 1.29 is 4.74 Å². The molecule has 1 fully saturated rings. The number of hydrogen-bond donors (Lipinski definition) is 1. The number of nitrogens with one attached hydrogen (secondary N) is 1. The van der Waals surface area contributed by atoms with Crippen LogP contribution in [0.25, 0.3) is 0 Å². The molecular weight excluding hydrogens is 275 g/mol. The molecule has 1 saturated heterocycles. The van der Waals surface area contributed by atoms with E-state index in [-0.39, 0.29) is 11.4 Å². The molecule has 1 unspecified atom stereocenters. The molecule has 18 heavy (non-hydrogen) atoms. The largest absolute Gasteiger partial charge is 0.374 e. The van der Waals surface area contributed by atoms with Gasteiger partial charge >= 0.3 is 0 Å². The van der Waals surface area contributed by atoms with Gasteiger partial charge in [-0.3, -0.25) is 4.90 Å². The lowest BCUT2D eigenvalue weighted by atomic mass is 10.2. The van der Waals surface area contributed by atoms with Crippen LogP contribution in [0.2, 0.25) is 10.3 Å². The van der Waals surface area contributed by atoms with Gasteiger partial charge < -0.3 is 10.1 Å². The average Bonchev–Trinajstić information content (AvgIpc) is 2.40. The summed E-state index contributed by atoms with van der Waals surface area (Å²) in [4.78, 5) is 10.2. The molecule has 5 nitrogen and oxygen atoms in total. The van der Waals surface area contributed by atoms with E-state index in [0.717, 1.165) is 26.2 Å². The first-order valence-corrected chi connectivity index (χ1v) is 6.70. The summed E-state index contributed by atoms with van der Waals surface area (Å²) in [7, 11) is 0. The van der Waals surface area contributed by atoms with Crippen LogP contribution in [0.15, 0.2) is 6.20 Å². The molecule has 1 aromatic heterocycles. The first kappa shape index (κ1) is 13.8. The van der Waals surface area contributed by atoms with Crippen LogP contribution in [0.5, 0.6) is 0 Å². The predicted octanol–water partition coefficient (Wildman–Crippen LogP) is 1.92. The second-order valence-corrected chi connectivity index (χ2v) is 4.85. The van der Waals surface area contributed by atoms with E-state index < -0.39 is 0 Å². The van der Waals surface area contributed by atoms with Crippen LogP contribution in [0.1, 0.15) is 6.92 Å². The van der Waals surface area contributed by atoms with Crippen molar-refractivity contribution in [2.45, 2.75) is 13.0 Å². The minimum atomic E-state index is 0.142. The number of morpholine rings is 1. The van der Waals surface area contributed by atoms with E-state index in [1.807, 2.05) is 0 Å². The average molecular weight is 291 g/mol. The summed E-state index contributed by atoms with van der Waals surface area (Å²) < 4.78 is 5.68. The van der Waals surface area contributed by atoms with Gasteiger partial charge in [0.2, 0.25) is 5.28 Å². The van der Waals surface area contributed by atoms with Crippen LogP contribution < -0.4 is 5.32 Å². The van der Waals surface area contributed by atoms with Gasteiger partial charge in [-0.2, -0.15) is 4.98 Å². The van der Waals surface area contributed by atoms with E-state index in [0.29, 0.717) is 17.4 Å². The molecule has 0 saturated carbocycles. The minimum absolute atomic E-state index is 0.142. The fourth-order valence-corrected chi connectivity index (χ4v) is 2.16. The fraction of sp³-hybridized carbons (Fsp3) is 0.636. The molecule has 1 aromatic rings. The molecule has 1 N–H and O–H groups in total. The summed E-state index contributed by atoms with van der Waals surface area (Å²) in [6, 6.07) is 0. The van der Waals surface area contributed by atoms with E-state index in [1.165, 1.54) is 6.20 Å². The highest BCUT2D eigenvalue weighted by atomic mass is 35.5. The molecule has 2 rings (SSSR count). The summed E-state index contributed by atoms with van der Waals surface area (Å²) in [5.41, 5.74) is 0. The Labute approximate surface area is 116 Å². The Bertz CT molecular complexity index is 405. The molecule has 0 amide bonds. The van der Waals surface area contributed by atoms with Crippen LogP contribution in [0.4, 0.5) is 5.82 Å². The Balaban J connectivity index is 1.89. The lowest BCUT2D eigenvalue weighted by Gasteiger charge is -2.32. The lowest BCUT2D eigenvalue weighted by molar-refractivity contribution is -0.0192. The molecule has 100 valence electrons. The molecule has 1 aliphatic rings. The van der Waals surface area contributed by atoms with Gasteiger partial charge in [-0.05, 0) is 18.1 Å². The topological polar surface area (TPSA) is 50.3 Å². The molecular formula is C11H16Cl2N4O. The number of ether oxygens (including phenoxy) is 1. The quantitative estimate of drug-likeness (QED) is 0.859. The molecule has 2 heterocycles. The minimum Gasteiger partial charge on any atom is -0.374 e. The molecule has 0 aliphatic carbocycles. The summed E-state index contributed by atoms with van der Waals surface area (Å²) in [5.74, 6) is 0.550. The molecule has 1 atom stereocenters. The van der Waals surface area contributed by atoms with Crippen LogP contribution in [-0.2, 0) is 4.74 Å². The van der Waals surface area contributed by atoms with E-state index in [2.05, 4.69) is 27.1 Å². The molecule has 0 bridgehead atoms. The second kappa shape index (κ2) is 6.52. The Morgan fingerprint density at radius 3 is 3.17 bits per heavy atom. The monoisotopic (exact) mass is 290 g/mol. The van der Waals surface area contributed by atoms with E-state index >= 15 is 0 Å². The zero-order valence-electron chi connectivity index (χ0n) is 10.2. The SMILES string of the molecule is CCN1CCOC(CNc2nc(Cl)ncc2Cl)C1. The van der Waals surface area contributed by atoms with E-state index in [4.69, 9.17) is 27.9 Å². The van der Waals surface area contributed by atoms with E-state index in [9.17, 15) is 0 Å². The number of nitrogens with zero attached hydrogens (tertiary/aromatic N) is 3. The smallest absolute Gasteiger partial charge is 0.224 e. The number of rotatable bonds is 4. The van der Waals surface area contributed by atoms with Crippen molar-refractivity contribution in [3.8, 4) is 0 Å². The third kappa shape index (κ3) is 3.68. The maximum absolute atomic E-state index is 5.97. The third-order valence-corrected chi connectivity index (χ3v) is 3.34. The zero-order chi connectivity index (χ0) is 13.0. The third-order valence-electron chi connectivity index (χ3n) is 2.88. The number of aromatic nitrogens is 2. The Hall–Kier alpha value is -0.620. The number of likely N-dealkylation sites (N-methyl/N-ethyl adjacent to an activating group) is 1. The summed E-state index contributed by atoms with van der Waals surface area (Å²) in [6.07, 6.45) is 1.63. The van der Waals surface area contributed by atoms with Gasteiger partial charge in [0.25, 0.3) is 0 Å². The normalized spacial score (nSPS) is 20.9. The fourth-order valence-electron chi connectivity index (χ4n) is 1.87. The first-order valence-electron chi connectivity index (χ1n) is 5.95. The zero-order valence-corrected chi connectivity index (χ0v) is 11.7. The summed E-state index contributed by atoms with van der Waals surface area (Å²) in [6.45, 7) is 6.52. The van der Waals surface area contributed by atoms with Gasteiger partial charge in [-0.25, -0.2) is 4.98 Å². The number of anilines is 1. The highest BCUT2D eigenvalue weighted by molar-refractivity contribution is 6.33. The van der Waals surface area contributed by atoms with Crippen LogP contribution in [-0.4, -0.2) is 53.8 Å². The van der Waals surface area contributed by atoms with Crippen LogP contribution in [0, 0.1) is 0 Å². The maximum Gasteiger partial charge on any atom is 0.224 e. The molecule has 1 aliphatic heterocycles. The van der Waals surface area contributed by atoms with Gasteiger partial charge in [0, 0.05) is 19.6 Å². The maximum atomic E-state index is 5.97. The van der Waals surface area contributed by atoms with Gasteiger partial charge in [0.15, 0.2) is 0 Å². The Morgan fingerprint density at radius 1 is 1.56 bits per heavy atom. The standard InChI is InChI=1S/C11H16Cl2N4O/c1-2-17-3-4-18-8(7-17)5-14-10-9(12)6-15-11(13)16-10/h6,8H,2-5,7H2,1H3,(H,14,15,16). The van der Waals surface area contributed by atoms with Crippen molar-refractivity contribution in [3.63, 3.8) is 0 Å². The van der Waals surface area contributed by atoms with Crippen molar-refractivity contribution in [2.24, 2.45) is 0 Å².